The Kier molecular flexibility index (Phi) is 1.99. The van der Waals surface area contributed by atoms with Gasteiger partial charge >= 0.3 is 15.9 Å². The van der Waals surface area contributed by atoms with Gasteiger partial charge in [0.05, 0.1) is 0 Å². The molecule has 0 amide bonds. The van der Waals surface area contributed by atoms with Crippen molar-refractivity contribution in [3.8, 4) is 0 Å². The summed E-state index contributed by atoms with van der Waals surface area (Å²) in [6.07, 6.45) is 1.09. The number of hydrogen-bond acceptors (Lipinski definition) is 2. The Morgan fingerprint density at radius 1 is 1.17 bits per heavy atom. The highest BCUT2D eigenvalue weighted by atomic mass is 27.2. The molecule has 2 nitrogen and oxygen atoms in total. The molecule has 3 heteroatoms. The molecule has 0 aromatic carbocycles. The quantitative estimate of drug-likeness (QED) is 0.390. The Morgan fingerprint density at radius 3 is 2.00 bits per heavy atom. The summed E-state index contributed by atoms with van der Waals surface area (Å²) >= 11 is -0.492. The van der Waals surface area contributed by atoms with Crippen molar-refractivity contribution in [3.05, 3.63) is 0 Å². The van der Waals surface area contributed by atoms with Gasteiger partial charge in [-0.2, -0.15) is 0 Å². The van der Waals surface area contributed by atoms with E-state index in [1.54, 1.807) is 0 Å². The fourth-order valence-corrected chi connectivity index (χ4v) is 1.20. The van der Waals surface area contributed by atoms with Crippen LogP contribution in [0.2, 0.25) is 0 Å². The van der Waals surface area contributed by atoms with Crippen LogP contribution in [0.4, 0.5) is 0 Å². The minimum absolute atomic E-state index is 0.492. The minimum atomic E-state index is -0.492. The lowest BCUT2D eigenvalue weighted by Crippen LogP contribution is -2.14. The summed E-state index contributed by atoms with van der Waals surface area (Å²) in [7, 11) is 0. The lowest BCUT2D eigenvalue weighted by molar-refractivity contribution is 0.156. The molecule has 0 radical (unpaired) electrons. The van der Waals surface area contributed by atoms with E-state index < -0.39 is 15.9 Å². The van der Waals surface area contributed by atoms with Crippen molar-refractivity contribution in [1.82, 2.24) is 0 Å². The van der Waals surface area contributed by atoms with Gasteiger partial charge in [-0.05, 0) is 6.42 Å². The lowest BCUT2D eigenvalue weighted by atomic mass is 10.5. The molecule has 0 atom stereocenters. The van der Waals surface area contributed by atoms with E-state index in [9.17, 15) is 0 Å². The Bertz CT molecular complexity index is 24.3. The highest BCUT2D eigenvalue weighted by Crippen LogP contribution is 1.89. The van der Waals surface area contributed by atoms with Crippen LogP contribution in [0, 0.1) is 0 Å². The molecular weight excluding hydrogens is 95.0 g/mol. The van der Waals surface area contributed by atoms with Crippen LogP contribution in [0.1, 0.15) is 6.42 Å². The summed E-state index contributed by atoms with van der Waals surface area (Å²) in [6, 6.07) is 0. The fourth-order valence-electron chi connectivity index (χ4n) is 0.440. The van der Waals surface area contributed by atoms with Crippen LogP contribution in [0.15, 0.2) is 0 Å². The van der Waals surface area contributed by atoms with Gasteiger partial charge in [-0.25, -0.2) is 0 Å². The topological polar surface area (TPSA) is 18.5 Å². The summed E-state index contributed by atoms with van der Waals surface area (Å²) < 4.78 is 9.97. The molecule has 0 N–H and O–H groups in total. The Morgan fingerprint density at radius 2 is 1.83 bits per heavy atom. The second kappa shape index (κ2) is 2.60. The molecule has 6 heavy (non-hydrogen) atoms. The second-order valence-electron chi connectivity index (χ2n) is 1.29. The highest BCUT2D eigenvalue weighted by Gasteiger charge is 2.01. The third-order valence-corrected chi connectivity index (χ3v) is 1.65. The van der Waals surface area contributed by atoms with Gasteiger partial charge in [-0.1, -0.05) is 0 Å². The van der Waals surface area contributed by atoms with Gasteiger partial charge in [0.15, 0.2) is 0 Å². The van der Waals surface area contributed by atoms with E-state index in [0.29, 0.717) is 0 Å². The minimum Gasteiger partial charge on any atom is -0.481 e. The first kappa shape index (κ1) is 4.61. The monoisotopic (exact) mass is 102 g/mol. The van der Waals surface area contributed by atoms with Crippen LogP contribution < -0.4 is 0 Å². The van der Waals surface area contributed by atoms with Crippen molar-refractivity contribution in [3.63, 3.8) is 0 Å². The van der Waals surface area contributed by atoms with Crippen molar-refractivity contribution in [1.29, 1.82) is 0 Å². The summed E-state index contributed by atoms with van der Waals surface area (Å²) in [5, 5.41) is 0. The van der Waals surface area contributed by atoms with E-state index >= 15 is 0 Å². The van der Waals surface area contributed by atoms with Crippen LogP contribution in [-0.2, 0) is 7.58 Å². The van der Waals surface area contributed by atoms with Gasteiger partial charge in [-0.3, -0.25) is 0 Å². The van der Waals surface area contributed by atoms with E-state index in [4.69, 9.17) is 7.58 Å². The van der Waals surface area contributed by atoms with E-state index in [1.807, 2.05) is 0 Å². The average molecular weight is 102 g/mol. The Hall–Kier alpha value is 0.452. The summed E-state index contributed by atoms with van der Waals surface area (Å²) in [5.74, 6) is 0. The molecule has 0 saturated carbocycles. The summed E-state index contributed by atoms with van der Waals surface area (Å²) in [5.41, 5.74) is 0. The van der Waals surface area contributed by atoms with Crippen molar-refractivity contribution in [2.75, 3.05) is 13.2 Å². The molecule has 1 rings (SSSR count). The Balaban J connectivity index is 2.00. The molecule has 1 aliphatic rings. The molecule has 0 aliphatic carbocycles. The normalized spacial score (nSPS) is 22.7. The van der Waals surface area contributed by atoms with Gasteiger partial charge in [0, 0.05) is 13.2 Å². The molecule has 0 aromatic heterocycles. The van der Waals surface area contributed by atoms with Gasteiger partial charge in [0.25, 0.3) is 0 Å². The largest absolute Gasteiger partial charge is 0.649 e. The maximum absolute atomic E-state index is 4.99. The van der Waals surface area contributed by atoms with Crippen LogP contribution in [0.25, 0.3) is 0 Å². The second-order valence-corrected chi connectivity index (χ2v) is 2.34. The fraction of sp³-hybridized carbons (Fsp3) is 1.00. The van der Waals surface area contributed by atoms with E-state index in [0.717, 1.165) is 19.6 Å². The molecule has 1 saturated heterocycles. The van der Waals surface area contributed by atoms with Crippen molar-refractivity contribution in [2.24, 2.45) is 0 Å². The first-order valence-corrected chi connectivity index (χ1v) is 3.31. The Labute approximate surface area is 43.8 Å². The summed E-state index contributed by atoms with van der Waals surface area (Å²) in [6.45, 7) is 1.87. The molecule has 0 bridgehead atoms. The van der Waals surface area contributed by atoms with E-state index in [2.05, 4.69) is 0 Å². The van der Waals surface area contributed by atoms with Crippen LogP contribution in [-0.4, -0.2) is 29.1 Å². The van der Waals surface area contributed by atoms with Crippen LogP contribution in [0.3, 0.4) is 0 Å². The molecule has 1 aliphatic heterocycles. The first-order chi connectivity index (χ1) is 3.00. The van der Waals surface area contributed by atoms with Crippen molar-refractivity contribution < 1.29 is 7.58 Å². The van der Waals surface area contributed by atoms with Crippen molar-refractivity contribution >= 4 is 15.9 Å². The zero-order valence-electron chi connectivity index (χ0n) is 3.64. The van der Waals surface area contributed by atoms with Crippen molar-refractivity contribution in [2.45, 2.75) is 6.42 Å². The van der Waals surface area contributed by atoms with Gasteiger partial charge < -0.3 is 7.58 Å². The lowest BCUT2D eigenvalue weighted by Gasteiger charge is -2.09. The number of hydrogen-bond donors (Lipinski definition) is 0. The first-order valence-electron chi connectivity index (χ1n) is 2.15. The standard InChI is InChI=1S/C3H6O2.Al.H/c4-2-1-3-5;;/h1-3H2;;/q-2;+2;. The zero-order chi connectivity index (χ0) is 4.24. The predicted octanol–water partition coefficient (Wildman–Crippen LogP) is -0.310. The molecule has 34 valence electrons. The van der Waals surface area contributed by atoms with Gasteiger partial charge in [-0.15, -0.1) is 0 Å². The molecular formula is C3H7AlO2. The summed E-state index contributed by atoms with van der Waals surface area (Å²) in [4.78, 5) is 0. The van der Waals surface area contributed by atoms with Gasteiger partial charge in [0.1, 0.15) is 0 Å². The number of rotatable bonds is 0. The zero-order valence-corrected chi connectivity index (χ0v) is 5.06. The van der Waals surface area contributed by atoms with E-state index in [-0.39, 0.29) is 0 Å². The molecule has 1 fully saturated rings. The third-order valence-electron chi connectivity index (χ3n) is 0.744. The highest BCUT2D eigenvalue weighted by molar-refractivity contribution is 6.18. The van der Waals surface area contributed by atoms with Gasteiger partial charge in [0.2, 0.25) is 0 Å². The smallest absolute Gasteiger partial charge is 0.481 e. The SMILES string of the molecule is C1C[O][AlH][O]C1. The van der Waals surface area contributed by atoms with Crippen LogP contribution >= 0.6 is 0 Å². The van der Waals surface area contributed by atoms with Crippen LogP contribution in [0.5, 0.6) is 0 Å². The maximum Gasteiger partial charge on any atom is 0.649 e. The molecule has 0 spiro atoms. The van der Waals surface area contributed by atoms with E-state index in [1.165, 1.54) is 0 Å². The molecule has 0 unspecified atom stereocenters. The molecule has 0 aromatic rings. The average Bonchev–Trinajstić information content (AvgIpc) is 1.72. The molecule has 1 heterocycles. The maximum atomic E-state index is 4.99. The predicted molar refractivity (Wildman–Crippen MR) is 23.7 cm³/mol. The third kappa shape index (κ3) is 1.27.